The fraction of sp³-hybridized carbons (Fsp3) is 0.348. The zero-order chi connectivity index (χ0) is 18.9. The predicted octanol–water partition coefficient (Wildman–Crippen LogP) is 4.60. The first-order valence-corrected chi connectivity index (χ1v) is 9.54. The van der Waals surface area contributed by atoms with E-state index in [9.17, 15) is 4.79 Å². The van der Waals surface area contributed by atoms with Gasteiger partial charge in [-0.1, -0.05) is 51.1 Å². The largest absolute Gasteiger partial charge is 0.325 e. The van der Waals surface area contributed by atoms with Crippen molar-refractivity contribution in [3.8, 4) is 0 Å². The van der Waals surface area contributed by atoms with Gasteiger partial charge in [-0.2, -0.15) is 0 Å². The molecule has 1 heterocycles. The molecule has 136 valence electrons. The quantitative estimate of drug-likeness (QED) is 0.729. The van der Waals surface area contributed by atoms with Gasteiger partial charge in [-0.3, -0.25) is 4.79 Å². The number of hydrogen-bond acceptors (Lipinski definition) is 3. The summed E-state index contributed by atoms with van der Waals surface area (Å²) in [4.78, 5) is 23.7. The third-order valence-electron chi connectivity index (χ3n) is 7.36. The third kappa shape index (κ3) is 1.85. The number of fused-ring (bicyclic) bond motifs is 6. The van der Waals surface area contributed by atoms with Crippen LogP contribution in [0.25, 0.3) is 11.0 Å². The number of nitrogens with zero attached hydrogens (tertiary/aromatic N) is 2. The zero-order valence-electron chi connectivity index (χ0n) is 15.9. The van der Waals surface area contributed by atoms with Crippen LogP contribution in [0.2, 0.25) is 0 Å². The molecule has 0 saturated heterocycles. The standard InChI is InChI=1S/C23H23N3O/c1-21(2)22(3)13-14-23(21,20(27)24-15-9-5-4-6-10-15)19-18(22)25-16-11-7-8-12-17(16)26-19/h4-12H,13-14H2,1-3H3,(H,24,27)/t22-,23+/m0/s1. The van der Waals surface area contributed by atoms with E-state index in [1.54, 1.807) is 0 Å². The molecule has 1 fully saturated rings. The number of carbonyl (C=O) groups excluding carboxylic acids is 1. The van der Waals surface area contributed by atoms with Crippen molar-refractivity contribution < 1.29 is 4.79 Å². The van der Waals surface area contributed by atoms with E-state index in [2.05, 4.69) is 26.1 Å². The molecule has 0 unspecified atom stereocenters. The molecule has 2 atom stereocenters. The fourth-order valence-corrected chi connectivity index (χ4v) is 5.31. The molecule has 27 heavy (non-hydrogen) atoms. The van der Waals surface area contributed by atoms with Crippen LogP contribution in [0.4, 0.5) is 5.69 Å². The number of carbonyl (C=O) groups is 1. The Morgan fingerprint density at radius 2 is 1.44 bits per heavy atom. The molecular formula is C23H23N3O. The lowest BCUT2D eigenvalue weighted by molar-refractivity contribution is -0.125. The SMILES string of the molecule is CC1(C)[C@@]2(C)CC[C@]1(C(=O)Nc1ccccc1)c1nc3ccccc3nc12. The molecular weight excluding hydrogens is 334 g/mol. The zero-order valence-corrected chi connectivity index (χ0v) is 15.9. The monoisotopic (exact) mass is 357 g/mol. The van der Waals surface area contributed by atoms with Crippen LogP contribution in [0.5, 0.6) is 0 Å². The number of benzene rings is 2. The van der Waals surface area contributed by atoms with Crippen molar-refractivity contribution in [1.29, 1.82) is 0 Å². The van der Waals surface area contributed by atoms with Crippen molar-refractivity contribution in [2.24, 2.45) is 5.41 Å². The van der Waals surface area contributed by atoms with E-state index >= 15 is 0 Å². The van der Waals surface area contributed by atoms with Crippen molar-refractivity contribution in [2.45, 2.75) is 44.4 Å². The second-order valence-electron chi connectivity index (χ2n) is 8.59. The maximum Gasteiger partial charge on any atom is 0.237 e. The topological polar surface area (TPSA) is 54.9 Å². The second kappa shape index (κ2) is 5.16. The first-order valence-electron chi connectivity index (χ1n) is 9.54. The Kier molecular flexibility index (Phi) is 3.14. The minimum Gasteiger partial charge on any atom is -0.325 e. The van der Waals surface area contributed by atoms with Gasteiger partial charge in [0.25, 0.3) is 0 Å². The summed E-state index contributed by atoms with van der Waals surface area (Å²) in [6.07, 6.45) is 1.75. The minimum atomic E-state index is -0.663. The molecule has 1 saturated carbocycles. The number of nitrogens with one attached hydrogen (secondary N) is 1. The lowest BCUT2D eigenvalue weighted by atomic mass is 9.63. The number of amides is 1. The Morgan fingerprint density at radius 1 is 0.852 bits per heavy atom. The van der Waals surface area contributed by atoms with E-state index in [4.69, 9.17) is 9.97 Å². The van der Waals surface area contributed by atoms with Gasteiger partial charge in [-0.15, -0.1) is 0 Å². The molecule has 0 aliphatic heterocycles. The molecule has 1 amide bonds. The van der Waals surface area contributed by atoms with Crippen LogP contribution in [-0.2, 0) is 15.6 Å². The van der Waals surface area contributed by atoms with Crippen LogP contribution < -0.4 is 5.32 Å². The average Bonchev–Trinajstić information content (AvgIpc) is 2.97. The Morgan fingerprint density at radius 3 is 2.11 bits per heavy atom. The lowest BCUT2D eigenvalue weighted by Gasteiger charge is -2.39. The Hall–Kier alpha value is -2.75. The highest BCUT2D eigenvalue weighted by Gasteiger charge is 2.73. The number of rotatable bonds is 2. The van der Waals surface area contributed by atoms with E-state index in [0.717, 1.165) is 41.0 Å². The highest BCUT2D eigenvalue weighted by molar-refractivity contribution is 6.02. The first-order chi connectivity index (χ1) is 12.9. The van der Waals surface area contributed by atoms with Crippen LogP contribution in [0.1, 0.15) is 45.0 Å². The molecule has 2 bridgehead atoms. The molecule has 1 N–H and O–H groups in total. The van der Waals surface area contributed by atoms with E-state index in [-0.39, 0.29) is 16.7 Å². The van der Waals surface area contributed by atoms with Crippen molar-refractivity contribution in [3.63, 3.8) is 0 Å². The molecule has 0 spiro atoms. The van der Waals surface area contributed by atoms with Crippen LogP contribution in [-0.4, -0.2) is 15.9 Å². The van der Waals surface area contributed by atoms with E-state index in [1.807, 2.05) is 54.6 Å². The normalized spacial score (nSPS) is 27.5. The maximum atomic E-state index is 13.7. The van der Waals surface area contributed by atoms with Gasteiger partial charge in [0, 0.05) is 11.1 Å². The van der Waals surface area contributed by atoms with Crippen LogP contribution in [0.15, 0.2) is 54.6 Å². The minimum absolute atomic E-state index is 0.0331. The van der Waals surface area contributed by atoms with Gasteiger partial charge in [0.1, 0.15) is 0 Å². The smallest absolute Gasteiger partial charge is 0.237 e. The molecule has 4 heteroatoms. The summed E-state index contributed by atoms with van der Waals surface area (Å²) < 4.78 is 0. The highest BCUT2D eigenvalue weighted by Crippen LogP contribution is 2.70. The number of hydrogen-bond donors (Lipinski definition) is 1. The molecule has 1 aromatic heterocycles. The van der Waals surface area contributed by atoms with Gasteiger partial charge < -0.3 is 5.32 Å². The van der Waals surface area contributed by atoms with Gasteiger partial charge in [-0.05, 0) is 42.5 Å². The Balaban J connectivity index is 1.72. The van der Waals surface area contributed by atoms with E-state index < -0.39 is 5.41 Å². The average molecular weight is 357 g/mol. The van der Waals surface area contributed by atoms with Gasteiger partial charge >= 0.3 is 0 Å². The predicted molar refractivity (Wildman–Crippen MR) is 107 cm³/mol. The summed E-state index contributed by atoms with van der Waals surface area (Å²) >= 11 is 0. The molecule has 3 aromatic rings. The Bertz CT molecular complexity index is 1080. The molecule has 5 rings (SSSR count). The van der Waals surface area contributed by atoms with Crippen molar-refractivity contribution in [2.75, 3.05) is 5.32 Å². The van der Waals surface area contributed by atoms with Crippen LogP contribution in [0, 0.1) is 5.41 Å². The third-order valence-corrected chi connectivity index (χ3v) is 7.36. The van der Waals surface area contributed by atoms with Gasteiger partial charge in [0.15, 0.2) is 0 Å². The summed E-state index contributed by atoms with van der Waals surface area (Å²) in [5.74, 6) is 0.0331. The number of anilines is 1. The van der Waals surface area contributed by atoms with Crippen molar-refractivity contribution >= 4 is 22.6 Å². The molecule has 2 aliphatic rings. The van der Waals surface area contributed by atoms with Gasteiger partial charge in [-0.25, -0.2) is 9.97 Å². The summed E-state index contributed by atoms with van der Waals surface area (Å²) in [6.45, 7) is 6.66. The maximum absolute atomic E-state index is 13.7. The van der Waals surface area contributed by atoms with Crippen molar-refractivity contribution in [1.82, 2.24) is 9.97 Å². The summed E-state index contributed by atoms with van der Waals surface area (Å²) in [6, 6.07) is 17.6. The van der Waals surface area contributed by atoms with Crippen molar-refractivity contribution in [3.05, 3.63) is 66.0 Å². The van der Waals surface area contributed by atoms with Gasteiger partial charge in [0.2, 0.25) is 5.91 Å². The molecule has 2 aromatic carbocycles. The molecule has 0 radical (unpaired) electrons. The fourth-order valence-electron chi connectivity index (χ4n) is 5.31. The summed E-state index contributed by atoms with van der Waals surface area (Å²) in [7, 11) is 0. The molecule has 2 aliphatic carbocycles. The molecule has 4 nitrogen and oxygen atoms in total. The van der Waals surface area contributed by atoms with E-state index in [1.165, 1.54) is 0 Å². The van der Waals surface area contributed by atoms with E-state index in [0.29, 0.717) is 0 Å². The number of aromatic nitrogens is 2. The summed E-state index contributed by atoms with van der Waals surface area (Å²) in [5, 5.41) is 3.16. The van der Waals surface area contributed by atoms with Gasteiger partial charge in [0.05, 0.1) is 27.8 Å². The van der Waals surface area contributed by atoms with Crippen LogP contribution in [0.3, 0.4) is 0 Å². The second-order valence-corrected chi connectivity index (χ2v) is 8.59. The van der Waals surface area contributed by atoms with Crippen LogP contribution >= 0.6 is 0 Å². The number of para-hydroxylation sites is 3. The lowest BCUT2D eigenvalue weighted by Crippen LogP contribution is -2.48. The first kappa shape index (κ1) is 16.4. The highest BCUT2D eigenvalue weighted by atomic mass is 16.2. The Labute approximate surface area is 159 Å². The summed E-state index contributed by atoms with van der Waals surface area (Å²) in [5.41, 5.74) is 3.36.